The Balaban J connectivity index is 1.20. The van der Waals surface area contributed by atoms with Crippen LogP contribution in [0, 0.1) is 0 Å². The lowest BCUT2D eigenvalue weighted by molar-refractivity contribution is -0.143. The zero-order valence-electron chi connectivity index (χ0n) is 27.8. The third kappa shape index (κ3) is 10.6. The van der Waals surface area contributed by atoms with E-state index >= 15 is 0 Å². The first kappa shape index (κ1) is 38.9. The second kappa shape index (κ2) is 17.0. The summed E-state index contributed by atoms with van der Waals surface area (Å²) in [6.45, 7) is 2.91. The maximum absolute atomic E-state index is 13.4. The SMILES string of the molecule is CO/N=C(\COCc1cc(C(F)(F)F)cc(C(F)(F)F)c1)C(CCN1CCN(CC(=O)NC2CCc3ccccc32)CC1)c1ccc(Cl)c(Cl)c1. The number of carbonyl (C=O) groups is 1. The Morgan fingerprint density at radius 3 is 2.24 bits per heavy atom. The minimum absolute atomic E-state index is 0.00924. The Morgan fingerprint density at radius 2 is 1.59 bits per heavy atom. The molecule has 1 saturated heterocycles. The standard InChI is InChI=1S/C36H38Cl2F6N4O3/c1-50-46-33(22-51-21-23-16-26(35(39,40)41)19-27(17-23)36(42,43)44)29(25-6-8-30(37)31(38)18-25)10-11-47-12-14-48(15-13-47)20-34(49)45-32-9-7-24-4-2-3-5-28(24)32/h2-6,8,16-19,29,32H,7,9-15,20-22H2,1H3,(H,45,49)/b46-33+. The molecule has 1 aliphatic heterocycles. The molecule has 51 heavy (non-hydrogen) atoms. The molecule has 2 aliphatic rings. The Labute approximate surface area is 302 Å². The van der Waals surface area contributed by atoms with E-state index in [0.29, 0.717) is 73.6 Å². The lowest BCUT2D eigenvalue weighted by Gasteiger charge is -2.35. The quantitative estimate of drug-likeness (QED) is 0.108. The molecule has 2 unspecified atom stereocenters. The molecule has 1 N–H and O–H groups in total. The Kier molecular flexibility index (Phi) is 12.9. The summed E-state index contributed by atoms with van der Waals surface area (Å²) in [4.78, 5) is 22.4. The fourth-order valence-electron chi connectivity index (χ4n) is 6.57. The number of fused-ring (bicyclic) bond motifs is 1. The molecule has 0 bridgehead atoms. The number of amides is 1. The Hall–Kier alpha value is -3.36. The number of rotatable bonds is 13. The first-order chi connectivity index (χ1) is 24.2. The topological polar surface area (TPSA) is 66.4 Å². The summed E-state index contributed by atoms with van der Waals surface area (Å²) in [5, 5.41) is 7.96. The number of hydrogen-bond acceptors (Lipinski definition) is 6. The van der Waals surface area contributed by atoms with E-state index in [1.165, 1.54) is 18.2 Å². The van der Waals surface area contributed by atoms with Crippen LogP contribution < -0.4 is 5.32 Å². The van der Waals surface area contributed by atoms with E-state index in [1.807, 2.05) is 12.1 Å². The number of carbonyl (C=O) groups excluding carboxylic acids is 1. The first-order valence-electron chi connectivity index (χ1n) is 16.4. The van der Waals surface area contributed by atoms with Crippen LogP contribution in [-0.4, -0.2) is 74.4 Å². The fourth-order valence-corrected chi connectivity index (χ4v) is 6.88. The molecule has 1 aliphatic carbocycles. The first-order valence-corrected chi connectivity index (χ1v) is 17.2. The monoisotopic (exact) mass is 758 g/mol. The molecule has 15 heteroatoms. The number of nitrogens with one attached hydrogen (secondary N) is 1. The number of piperazine rings is 1. The lowest BCUT2D eigenvalue weighted by atomic mass is 9.90. The molecule has 0 aromatic heterocycles. The number of alkyl halides is 6. The van der Waals surface area contributed by atoms with Gasteiger partial charge in [0.05, 0.1) is 52.7 Å². The highest BCUT2D eigenvalue weighted by atomic mass is 35.5. The number of nitrogens with zero attached hydrogens (tertiary/aromatic N) is 3. The molecule has 1 amide bonds. The zero-order valence-corrected chi connectivity index (χ0v) is 29.3. The summed E-state index contributed by atoms with van der Waals surface area (Å²) in [7, 11) is 1.33. The second-order valence-electron chi connectivity index (χ2n) is 12.7. The van der Waals surface area contributed by atoms with Crippen LogP contribution in [0.5, 0.6) is 0 Å². The van der Waals surface area contributed by atoms with Gasteiger partial charge in [-0.25, -0.2) is 0 Å². The van der Waals surface area contributed by atoms with Gasteiger partial charge in [0.25, 0.3) is 0 Å². The van der Waals surface area contributed by atoms with Gasteiger partial charge in [-0.3, -0.25) is 9.69 Å². The molecule has 5 rings (SSSR count). The normalized spacial score (nSPS) is 18.1. The van der Waals surface area contributed by atoms with E-state index in [4.69, 9.17) is 32.8 Å². The summed E-state index contributed by atoms with van der Waals surface area (Å²) < 4.78 is 86.0. The molecular weight excluding hydrogens is 721 g/mol. The largest absolute Gasteiger partial charge is 0.416 e. The predicted molar refractivity (Wildman–Crippen MR) is 183 cm³/mol. The van der Waals surface area contributed by atoms with Crippen molar-refractivity contribution < 1.29 is 40.7 Å². The third-order valence-electron chi connectivity index (χ3n) is 9.16. The van der Waals surface area contributed by atoms with Crippen LogP contribution >= 0.6 is 23.2 Å². The highest BCUT2D eigenvalue weighted by Gasteiger charge is 2.37. The zero-order chi connectivity index (χ0) is 36.8. The molecule has 7 nitrogen and oxygen atoms in total. The van der Waals surface area contributed by atoms with Gasteiger partial charge in [-0.1, -0.05) is 58.7 Å². The fraction of sp³-hybridized carbons (Fsp3) is 0.444. The number of oxime groups is 1. The van der Waals surface area contributed by atoms with Gasteiger partial charge in [-0.2, -0.15) is 26.3 Å². The van der Waals surface area contributed by atoms with E-state index in [2.05, 4.69) is 32.4 Å². The molecular formula is C36H38Cl2F6N4O3. The van der Waals surface area contributed by atoms with Crippen LogP contribution in [0.1, 0.15) is 58.2 Å². The molecule has 3 aromatic rings. The number of ether oxygens (including phenoxy) is 1. The van der Waals surface area contributed by atoms with Crippen molar-refractivity contribution in [3.05, 3.63) is 104 Å². The lowest BCUT2D eigenvalue weighted by Crippen LogP contribution is -2.50. The van der Waals surface area contributed by atoms with Crippen LogP contribution in [0.3, 0.4) is 0 Å². The van der Waals surface area contributed by atoms with E-state index in [1.54, 1.807) is 18.2 Å². The predicted octanol–water partition coefficient (Wildman–Crippen LogP) is 8.15. The molecule has 1 heterocycles. The van der Waals surface area contributed by atoms with E-state index < -0.39 is 36.0 Å². The molecule has 276 valence electrons. The maximum atomic E-state index is 13.4. The number of benzene rings is 3. The van der Waals surface area contributed by atoms with Crippen molar-refractivity contribution in [1.82, 2.24) is 15.1 Å². The molecule has 3 aromatic carbocycles. The van der Waals surface area contributed by atoms with E-state index in [0.717, 1.165) is 18.4 Å². The van der Waals surface area contributed by atoms with Crippen LogP contribution in [0.4, 0.5) is 26.3 Å². The molecule has 0 saturated carbocycles. The minimum atomic E-state index is -4.97. The number of hydrogen-bond donors (Lipinski definition) is 1. The maximum Gasteiger partial charge on any atom is 0.416 e. The highest BCUT2D eigenvalue weighted by molar-refractivity contribution is 6.42. The average molecular weight is 760 g/mol. The van der Waals surface area contributed by atoms with Gasteiger partial charge in [0, 0.05) is 32.1 Å². The minimum Gasteiger partial charge on any atom is -0.399 e. The molecule has 0 spiro atoms. The van der Waals surface area contributed by atoms with Crippen molar-refractivity contribution in [3.63, 3.8) is 0 Å². The smallest absolute Gasteiger partial charge is 0.399 e. The number of aryl methyl sites for hydroxylation is 1. The van der Waals surface area contributed by atoms with Crippen LogP contribution in [0.2, 0.25) is 10.0 Å². The van der Waals surface area contributed by atoms with E-state index in [-0.39, 0.29) is 30.2 Å². The van der Waals surface area contributed by atoms with Crippen LogP contribution in [0.25, 0.3) is 0 Å². The van der Waals surface area contributed by atoms with Gasteiger partial charge >= 0.3 is 12.4 Å². The van der Waals surface area contributed by atoms with Gasteiger partial charge in [0.2, 0.25) is 5.91 Å². The summed E-state index contributed by atoms with van der Waals surface area (Å²) in [6.07, 6.45) is -7.60. The number of halogens is 8. The molecule has 0 radical (unpaired) electrons. The van der Waals surface area contributed by atoms with Crippen molar-refractivity contribution in [2.24, 2.45) is 5.16 Å². The Morgan fingerprint density at radius 1 is 0.922 bits per heavy atom. The van der Waals surface area contributed by atoms with Crippen molar-refractivity contribution in [1.29, 1.82) is 0 Å². The van der Waals surface area contributed by atoms with Gasteiger partial charge in [0.15, 0.2) is 0 Å². The second-order valence-corrected chi connectivity index (χ2v) is 13.5. The van der Waals surface area contributed by atoms with Gasteiger partial charge < -0.3 is 19.8 Å². The van der Waals surface area contributed by atoms with Crippen LogP contribution in [0.15, 0.2) is 65.8 Å². The van der Waals surface area contributed by atoms with Crippen LogP contribution in [-0.2, 0) is 39.7 Å². The molecule has 1 fully saturated rings. The van der Waals surface area contributed by atoms with Crippen molar-refractivity contribution in [2.75, 3.05) is 53.0 Å². The van der Waals surface area contributed by atoms with Gasteiger partial charge in [-0.15, -0.1) is 0 Å². The Bertz CT molecular complexity index is 1660. The van der Waals surface area contributed by atoms with Crippen molar-refractivity contribution in [2.45, 2.75) is 50.2 Å². The summed E-state index contributed by atoms with van der Waals surface area (Å²) >= 11 is 12.5. The van der Waals surface area contributed by atoms with Crippen molar-refractivity contribution in [3.8, 4) is 0 Å². The average Bonchev–Trinajstić information content (AvgIpc) is 3.48. The summed E-state index contributed by atoms with van der Waals surface area (Å²) in [5.41, 5.74) is 0.413. The van der Waals surface area contributed by atoms with Gasteiger partial charge in [-0.05, 0) is 78.4 Å². The molecule has 2 atom stereocenters. The third-order valence-corrected chi connectivity index (χ3v) is 9.90. The summed E-state index contributed by atoms with van der Waals surface area (Å²) in [6, 6.07) is 14.6. The van der Waals surface area contributed by atoms with Gasteiger partial charge in [0.1, 0.15) is 7.11 Å². The highest BCUT2D eigenvalue weighted by Crippen LogP contribution is 2.37. The summed E-state index contributed by atoms with van der Waals surface area (Å²) in [5.74, 6) is -0.449. The van der Waals surface area contributed by atoms with Crippen molar-refractivity contribution >= 4 is 34.8 Å². The van der Waals surface area contributed by atoms with E-state index in [9.17, 15) is 31.1 Å².